The number of rotatable bonds is 6. The van der Waals surface area contributed by atoms with Crippen molar-refractivity contribution in [2.24, 2.45) is 0 Å². The van der Waals surface area contributed by atoms with Crippen LogP contribution in [-0.4, -0.2) is 13.5 Å². The number of halogens is 1. The molecule has 0 atom stereocenters. The average Bonchev–Trinajstić information content (AvgIpc) is 2.64. The van der Waals surface area contributed by atoms with Gasteiger partial charge in [-0.2, -0.15) is 0 Å². The van der Waals surface area contributed by atoms with E-state index in [0.29, 0.717) is 0 Å². The first-order valence-corrected chi connectivity index (χ1v) is 13.4. The van der Waals surface area contributed by atoms with Crippen molar-refractivity contribution in [2.75, 3.05) is 13.5 Å². The van der Waals surface area contributed by atoms with Crippen LogP contribution in [0.25, 0.3) is 0 Å². The van der Waals surface area contributed by atoms with Crippen LogP contribution in [0, 0.1) is 3.57 Å². The summed E-state index contributed by atoms with van der Waals surface area (Å²) in [6, 6.07) is 32.8. The second-order valence-corrected chi connectivity index (χ2v) is 15.7. The molecule has 0 fully saturated rings. The number of methoxy groups -OCH3 is 1. The monoisotopic (exact) mass is 434 g/mol. The van der Waals surface area contributed by atoms with E-state index < -0.39 is 4.90 Å². The van der Waals surface area contributed by atoms with Crippen LogP contribution in [0.15, 0.2) is 91.0 Å². The quantitative estimate of drug-likeness (QED) is 0.418. The van der Waals surface area contributed by atoms with E-state index in [9.17, 15) is 0 Å². The van der Waals surface area contributed by atoms with Crippen LogP contribution in [0.3, 0.4) is 0 Å². The number of hydrogen-bond acceptors (Lipinski definition) is 1. The van der Waals surface area contributed by atoms with E-state index in [1.807, 2.05) is 7.11 Å². The van der Waals surface area contributed by atoms with Gasteiger partial charge in [0.25, 0.3) is 0 Å². The molecule has 0 aliphatic carbocycles. The van der Waals surface area contributed by atoms with Crippen molar-refractivity contribution >= 4 is 15.5 Å². The Hall–Kier alpha value is -1.22. The van der Waals surface area contributed by atoms with Gasteiger partial charge in [-0.25, -0.2) is 0 Å². The molecule has 0 heterocycles. The summed E-state index contributed by atoms with van der Waals surface area (Å²) < 4.78 is 7.24. The molecule has 3 rings (SSSR count). The second kappa shape index (κ2) is 8.05. The van der Waals surface area contributed by atoms with Gasteiger partial charge >= 0.3 is 149 Å². The van der Waals surface area contributed by atoms with Gasteiger partial charge in [-0.1, -0.05) is 0 Å². The third-order valence-electron chi connectivity index (χ3n) is 3.61. The van der Waals surface area contributed by atoms with Gasteiger partial charge < -0.3 is 0 Å². The fourth-order valence-corrected chi connectivity index (χ4v) is 14.6. The molecule has 0 aliphatic heterocycles. The van der Waals surface area contributed by atoms with Crippen LogP contribution >= 0.6 is 4.90 Å². The van der Waals surface area contributed by atoms with Crippen LogP contribution in [0.4, 0.5) is 0 Å². The van der Waals surface area contributed by atoms with E-state index in [1.165, 1.54) is 14.2 Å². The fourth-order valence-electron chi connectivity index (χ4n) is 2.56. The van der Waals surface area contributed by atoms with Crippen LogP contribution in [-0.2, 0) is 4.74 Å². The van der Waals surface area contributed by atoms with Crippen molar-refractivity contribution in [3.63, 3.8) is 0 Å². The molecule has 0 saturated carbocycles. The molecule has 118 valence electrons. The Morgan fingerprint density at radius 3 is 1.57 bits per heavy atom. The van der Waals surface area contributed by atoms with Gasteiger partial charge in [0, 0.05) is 0 Å². The summed E-state index contributed by atoms with van der Waals surface area (Å²) in [5.74, 6) is 0. The summed E-state index contributed by atoms with van der Waals surface area (Å²) in [7, 11) is 1.83. The molecule has 1 nitrogen and oxygen atoms in total. The van der Waals surface area contributed by atoms with Crippen molar-refractivity contribution in [3.05, 3.63) is 94.6 Å². The van der Waals surface area contributed by atoms with Gasteiger partial charge in [0.2, 0.25) is 0 Å². The van der Waals surface area contributed by atoms with Crippen LogP contribution in [0.2, 0.25) is 0 Å². The zero-order valence-electron chi connectivity index (χ0n) is 13.1. The minimum absolute atomic E-state index is 0.203. The second-order valence-electron chi connectivity index (χ2n) is 5.19. The predicted octanol–water partition coefficient (Wildman–Crippen LogP) is 1.13. The Balaban J connectivity index is 2.14. The standard InChI is InChI=1S/C20H20IOP/c1-22-17-23(19-13-7-3-8-14-19,20-15-9-4-10-16-20)21-18-11-5-2-6-12-18/h2-16H,17H2,1H3. The zero-order valence-corrected chi connectivity index (χ0v) is 16.2. The van der Waals surface area contributed by atoms with Gasteiger partial charge in [0.05, 0.1) is 0 Å². The van der Waals surface area contributed by atoms with Crippen LogP contribution < -0.4 is 31.3 Å². The van der Waals surface area contributed by atoms with Gasteiger partial charge in [-0.15, -0.1) is 0 Å². The molecule has 0 spiro atoms. The molecule has 0 radical (unpaired) electrons. The van der Waals surface area contributed by atoms with E-state index in [1.54, 1.807) is 0 Å². The van der Waals surface area contributed by atoms with E-state index in [0.717, 1.165) is 6.35 Å². The van der Waals surface area contributed by atoms with E-state index >= 15 is 0 Å². The topological polar surface area (TPSA) is 9.23 Å². The Morgan fingerprint density at radius 2 is 1.13 bits per heavy atom. The Labute approximate surface area is 148 Å². The fraction of sp³-hybridized carbons (Fsp3) is 0.100. The molecule has 0 bridgehead atoms. The van der Waals surface area contributed by atoms with Crippen molar-refractivity contribution in [1.29, 1.82) is 0 Å². The summed E-state index contributed by atoms with van der Waals surface area (Å²) in [4.78, 5) is -1.54. The molecule has 0 aliphatic rings. The third-order valence-corrected chi connectivity index (χ3v) is 16.0. The molecule has 3 heteroatoms. The van der Waals surface area contributed by atoms with Crippen LogP contribution in [0.1, 0.15) is 0 Å². The molecule has 0 unspecified atom stereocenters. The maximum atomic E-state index is 5.77. The van der Waals surface area contributed by atoms with Crippen molar-refractivity contribution in [1.82, 2.24) is 0 Å². The average molecular weight is 434 g/mol. The van der Waals surface area contributed by atoms with Gasteiger partial charge in [-0.05, 0) is 0 Å². The Morgan fingerprint density at radius 1 is 0.696 bits per heavy atom. The van der Waals surface area contributed by atoms with Crippen LogP contribution in [0.5, 0.6) is 0 Å². The zero-order chi connectivity index (χ0) is 16.0. The van der Waals surface area contributed by atoms with E-state index in [-0.39, 0.29) is 20.7 Å². The molecule has 3 aromatic carbocycles. The Kier molecular flexibility index (Phi) is 5.82. The molecule has 23 heavy (non-hydrogen) atoms. The van der Waals surface area contributed by atoms with Gasteiger partial charge in [0.15, 0.2) is 0 Å². The van der Waals surface area contributed by atoms with E-state index in [2.05, 4.69) is 91.0 Å². The number of benzene rings is 3. The van der Waals surface area contributed by atoms with Crippen molar-refractivity contribution in [3.8, 4) is 0 Å². The third kappa shape index (κ3) is 3.82. The molecule has 3 aromatic rings. The number of hydrogen-bond donors (Lipinski definition) is 0. The molecular weight excluding hydrogens is 414 g/mol. The summed E-state index contributed by atoms with van der Waals surface area (Å²) >= 11 is -0.203. The molecule has 0 aromatic heterocycles. The molecular formula is C20H20IOP. The first-order valence-electron chi connectivity index (χ1n) is 7.55. The van der Waals surface area contributed by atoms with Gasteiger partial charge in [0.1, 0.15) is 0 Å². The maximum absolute atomic E-state index is 5.77. The molecule has 0 N–H and O–H groups in total. The normalized spacial score (nSPS) is 11.5. The number of ether oxygens (including phenoxy) is 1. The Bertz CT molecular complexity index is 677. The first-order chi connectivity index (χ1) is 11.3. The minimum atomic E-state index is -1.54. The van der Waals surface area contributed by atoms with Crippen molar-refractivity contribution in [2.45, 2.75) is 0 Å². The molecule has 0 saturated heterocycles. The van der Waals surface area contributed by atoms with Gasteiger partial charge in [-0.3, -0.25) is 0 Å². The van der Waals surface area contributed by atoms with E-state index in [4.69, 9.17) is 4.74 Å². The predicted molar refractivity (Wildman–Crippen MR) is 96.1 cm³/mol. The molecule has 0 amide bonds. The SMILES string of the molecule is COC[P+]([I-]c1ccccc1)(c1ccccc1)c1ccccc1. The summed E-state index contributed by atoms with van der Waals surface area (Å²) in [6.45, 7) is 0. The summed E-state index contributed by atoms with van der Waals surface area (Å²) in [6.07, 6.45) is 0.809. The van der Waals surface area contributed by atoms with Crippen molar-refractivity contribution < 1.29 is 25.4 Å². The first kappa shape index (κ1) is 16.6. The summed E-state index contributed by atoms with van der Waals surface area (Å²) in [5.41, 5.74) is 0. The summed E-state index contributed by atoms with van der Waals surface area (Å²) in [5, 5.41) is 2.90.